The van der Waals surface area contributed by atoms with Gasteiger partial charge in [-0.3, -0.25) is 4.68 Å². The molecule has 2 aromatic rings. The first-order chi connectivity index (χ1) is 12.7. The molecule has 2 aliphatic carbocycles. The molecule has 1 saturated heterocycles. The number of hydrogen-bond acceptors (Lipinski definition) is 4. The minimum Gasteiger partial charge on any atom is -0.453 e. The summed E-state index contributed by atoms with van der Waals surface area (Å²) in [6, 6.07) is 6.58. The van der Waals surface area contributed by atoms with Crippen molar-refractivity contribution in [2.45, 2.75) is 57.4 Å². The average Bonchev–Trinajstić information content (AvgIpc) is 3.45. The van der Waals surface area contributed by atoms with Crippen molar-refractivity contribution in [1.82, 2.24) is 9.78 Å². The van der Waals surface area contributed by atoms with Gasteiger partial charge in [-0.15, -0.1) is 0 Å². The highest BCUT2D eigenvalue weighted by Gasteiger charge is 2.41. The van der Waals surface area contributed by atoms with Gasteiger partial charge in [0, 0.05) is 11.8 Å². The minimum atomic E-state index is 0.352. The fourth-order valence-electron chi connectivity index (χ4n) is 3.83. The summed E-state index contributed by atoms with van der Waals surface area (Å²) in [5.41, 5.74) is 5.05. The van der Waals surface area contributed by atoms with E-state index in [1.807, 2.05) is 26.0 Å². The zero-order valence-corrected chi connectivity index (χ0v) is 15.3. The zero-order valence-electron chi connectivity index (χ0n) is 15.3. The van der Waals surface area contributed by atoms with Crippen LogP contribution in [0.15, 0.2) is 12.1 Å². The molecule has 3 aliphatic rings. The van der Waals surface area contributed by atoms with Crippen LogP contribution < -0.4 is 4.74 Å². The van der Waals surface area contributed by atoms with E-state index in [0.29, 0.717) is 17.9 Å². The average molecular weight is 349 g/mol. The van der Waals surface area contributed by atoms with E-state index in [1.165, 1.54) is 31.4 Å². The summed E-state index contributed by atoms with van der Waals surface area (Å²) < 4.78 is 14.1. The number of aromatic nitrogens is 2. The number of benzene rings is 1. The molecule has 5 nitrogen and oxygen atoms in total. The van der Waals surface area contributed by atoms with E-state index in [4.69, 9.17) is 14.6 Å². The Morgan fingerprint density at radius 1 is 1.12 bits per heavy atom. The molecule has 26 heavy (non-hydrogen) atoms. The van der Waals surface area contributed by atoms with Crippen LogP contribution in [0.25, 0.3) is 0 Å². The molecule has 2 heterocycles. The van der Waals surface area contributed by atoms with Gasteiger partial charge in [0.05, 0.1) is 36.6 Å². The lowest BCUT2D eigenvalue weighted by atomic mass is 10.0. The van der Waals surface area contributed by atoms with Crippen molar-refractivity contribution >= 4 is 0 Å². The first kappa shape index (κ1) is 15.9. The van der Waals surface area contributed by atoms with E-state index in [1.54, 1.807) is 0 Å². The Labute approximate surface area is 153 Å². The maximum absolute atomic E-state index is 9.31. The number of nitrogens with zero attached hydrogens (tertiary/aromatic N) is 3. The quantitative estimate of drug-likeness (QED) is 0.798. The third-order valence-corrected chi connectivity index (χ3v) is 5.66. The fourth-order valence-corrected chi connectivity index (χ4v) is 3.83. The van der Waals surface area contributed by atoms with Crippen LogP contribution in [0.4, 0.5) is 0 Å². The second-order valence-electron chi connectivity index (χ2n) is 7.93. The van der Waals surface area contributed by atoms with Crippen molar-refractivity contribution in [2.75, 3.05) is 13.2 Å². The molecular weight excluding hydrogens is 326 g/mol. The van der Waals surface area contributed by atoms with E-state index in [9.17, 15) is 5.26 Å². The Balaban J connectivity index is 1.58. The molecule has 2 saturated carbocycles. The summed E-state index contributed by atoms with van der Waals surface area (Å²) in [5.74, 6) is 2.88. The summed E-state index contributed by atoms with van der Waals surface area (Å²) in [4.78, 5) is 0. The molecule has 0 radical (unpaired) electrons. The lowest BCUT2D eigenvalue weighted by molar-refractivity contribution is -0.0300. The normalized spacial score (nSPS) is 19.9. The first-order valence-corrected chi connectivity index (χ1v) is 9.55. The topological polar surface area (TPSA) is 60.1 Å². The Bertz CT molecular complexity index is 889. The van der Waals surface area contributed by atoms with Crippen molar-refractivity contribution in [3.63, 3.8) is 0 Å². The monoisotopic (exact) mass is 349 g/mol. The largest absolute Gasteiger partial charge is 0.453 e. The van der Waals surface area contributed by atoms with Crippen LogP contribution in [-0.4, -0.2) is 23.0 Å². The fraction of sp³-hybridized carbons (Fsp3) is 0.524. The second kappa shape index (κ2) is 5.85. The molecule has 0 atom stereocenters. The maximum atomic E-state index is 9.31. The summed E-state index contributed by atoms with van der Waals surface area (Å²) in [6.07, 6.45) is 4.82. The van der Waals surface area contributed by atoms with Crippen molar-refractivity contribution in [2.24, 2.45) is 0 Å². The van der Waals surface area contributed by atoms with Gasteiger partial charge in [0.1, 0.15) is 11.4 Å². The van der Waals surface area contributed by atoms with Crippen LogP contribution in [-0.2, 0) is 4.74 Å². The van der Waals surface area contributed by atoms with Gasteiger partial charge in [-0.2, -0.15) is 10.4 Å². The van der Waals surface area contributed by atoms with E-state index in [2.05, 4.69) is 10.8 Å². The van der Waals surface area contributed by atoms with Crippen molar-refractivity contribution in [3.8, 4) is 17.6 Å². The van der Waals surface area contributed by atoms with E-state index in [0.717, 1.165) is 47.1 Å². The van der Waals surface area contributed by atoms with Gasteiger partial charge < -0.3 is 9.47 Å². The Kier molecular flexibility index (Phi) is 3.58. The predicted molar refractivity (Wildman–Crippen MR) is 96.7 cm³/mol. The van der Waals surface area contributed by atoms with E-state index >= 15 is 0 Å². The number of hydrogen-bond donors (Lipinski definition) is 0. The van der Waals surface area contributed by atoms with Crippen molar-refractivity contribution in [3.05, 3.63) is 40.2 Å². The molecule has 5 heteroatoms. The molecule has 5 rings (SSSR count). The molecule has 0 unspecified atom stereocenters. The first-order valence-electron chi connectivity index (χ1n) is 9.55. The van der Waals surface area contributed by atoms with Gasteiger partial charge in [0.25, 0.3) is 0 Å². The third-order valence-electron chi connectivity index (χ3n) is 5.66. The van der Waals surface area contributed by atoms with Crippen LogP contribution in [0.3, 0.4) is 0 Å². The highest BCUT2D eigenvalue weighted by Crippen LogP contribution is 2.53. The Morgan fingerprint density at radius 2 is 1.77 bits per heavy atom. The summed E-state index contributed by atoms with van der Waals surface area (Å²) >= 11 is 0. The lowest BCUT2D eigenvalue weighted by Crippen LogP contribution is -2.32. The molecule has 1 aromatic carbocycles. The van der Waals surface area contributed by atoms with Gasteiger partial charge in [0.2, 0.25) is 0 Å². The van der Waals surface area contributed by atoms with Gasteiger partial charge in [0.15, 0.2) is 5.75 Å². The highest BCUT2D eigenvalue weighted by molar-refractivity contribution is 5.51. The Hall–Kier alpha value is -2.32. The van der Waals surface area contributed by atoms with E-state index < -0.39 is 0 Å². The number of nitriles is 1. The third kappa shape index (κ3) is 2.60. The minimum absolute atomic E-state index is 0.352. The van der Waals surface area contributed by atoms with E-state index in [-0.39, 0.29) is 0 Å². The molecule has 0 spiro atoms. The number of rotatable bonds is 5. The van der Waals surface area contributed by atoms with Crippen molar-refractivity contribution < 1.29 is 9.47 Å². The van der Waals surface area contributed by atoms with Crippen LogP contribution in [0.5, 0.6) is 11.5 Å². The molecular formula is C21H23N3O2. The second-order valence-corrected chi connectivity index (χ2v) is 7.93. The summed E-state index contributed by atoms with van der Waals surface area (Å²) in [7, 11) is 0. The van der Waals surface area contributed by atoms with Gasteiger partial charge in [-0.1, -0.05) is 0 Å². The smallest absolute Gasteiger partial charge is 0.172 e. The van der Waals surface area contributed by atoms with Crippen LogP contribution >= 0.6 is 0 Å². The van der Waals surface area contributed by atoms with Gasteiger partial charge >= 0.3 is 0 Å². The molecule has 134 valence electrons. The van der Waals surface area contributed by atoms with Gasteiger partial charge in [-0.05, 0) is 62.8 Å². The molecule has 1 aromatic heterocycles. The maximum Gasteiger partial charge on any atom is 0.172 e. The summed E-state index contributed by atoms with van der Waals surface area (Å²) in [5, 5.41) is 14.3. The molecule has 0 amide bonds. The number of aryl methyl sites for hydroxylation is 2. The SMILES string of the molecule is Cc1cc(Oc2c(C3CC3)nn(C3COC3)c2C2CC2)cc(C)c1C#N. The molecule has 3 fully saturated rings. The van der Waals surface area contributed by atoms with Gasteiger partial charge in [-0.25, -0.2) is 0 Å². The van der Waals surface area contributed by atoms with Crippen LogP contribution in [0.1, 0.15) is 71.6 Å². The molecule has 1 aliphatic heterocycles. The molecule has 0 N–H and O–H groups in total. The summed E-state index contributed by atoms with van der Waals surface area (Å²) in [6.45, 7) is 5.44. The van der Waals surface area contributed by atoms with Crippen LogP contribution in [0, 0.1) is 25.2 Å². The highest BCUT2D eigenvalue weighted by atomic mass is 16.5. The van der Waals surface area contributed by atoms with Crippen molar-refractivity contribution in [1.29, 1.82) is 5.26 Å². The number of ether oxygens (including phenoxy) is 2. The standard InChI is InChI=1S/C21H23N3O2/c1-12-7-17(8-13(2)18(12)9-22)26-21-19(14-3-4-14)23-24(16-10-25-11-16)20(21)15-5-6-15/h7-8,14-16H,3-6,10-11H2,1-2H3. The lowest BCUT2D eigenvalue weighted by Gasteiger charge is -2.28. The zero-order chi connectivity index (χ0) is 17.8. The van der Waals surface area contributed by atoms with Crippen LogP contribution in [0.2, 0.25) is 0 Å². The molecule has 0 bridgehead atoms. The predicted octanol–water partition coefficient (Wildman–Crippen LogP) is 4.49. The Morgan fingerprint density at radius 3 is 2.27 bits per heavy atom.